The van der Waals surface area contributed by atoms with Crippen LogP contribution in [0.3, 0.4) is 0 Å². The quantitative estimate of drug-likeness (QED) is 0.810. The van der Waals surface area contributed by atoms with Crippen LogP contribution in [-0.4, -0.2) is 48.5 Å². The van der Waals surface area contributed by atoms with Crippen LogP contribution in [0.4, 0.5) is 0 Å². The van der Waals surface area contributed by atoms with E-state index in [1.807, 2.05) is 23.7 Å². The van der Waals surface area contributed by atoms with Gasteiger partial charge in [0.15, 0.2) is 0 Å². The standard InChI is InChI=1S/C12H22N2OS/c1-13-11-2-5-14(9-11)12(15)8-10-3-6-16-7-4-10/h10-11,13H,2-9H2,1H3. The summed E-state index contributed by atoms with van der Waals surface area (Å²) < 4.78 is 0. The average molecular weight is 242 g/mol. The van der Waals surface area contributed by atoms with Gasteiger partial charge in [0.1, 0.15) is 0 Å². The predicted molar refractivity (Wildman–Crippen MR) is 68.7 cm³/mol. The van der Waals surface area contributed by atoms with Gasteiger partial charge in [-0.15, -0.1) is 0 Å². The van der Waals surface area contributed by atoms with Gasteiger partial charge in [-0.3, -0.25) is 4.79 Å². The monoisotopic (exact) mass is 242 g/mol. The molecule has 1 unspecified atom stereocenters. The minimum atomic E-state index is 0.384. The summed E-state index contributed by atoms with van der Waals surface area (Å²) in [6.45, 7) is 1.86. The van der Waals surface area contributed by atoms with Crippen LogP contribution >= 0.6 is 11.8 Å². The molecule has 4 heteroatoms. The van der Waals surface area contributed by atoms with Gasteiger partial charge in [0.25, 0.3) is 0 Å². The number of likely N-dealkylation sites (N-methyl/N-ethyl adjacent to an activating group) is 1. The summed E-state index contributed by atoms with van der Waals surface area (Å²) in [5.41, 5.74) is 0. The first kappa shape index (κ1) is 12.2. The van der Waals surface area contributed by atoms with E-state index < -0.39 is 0 Å². The molecule has 92 valence electrons. The van der Waals surface area contributed by atoms with Crippen molar-refractivity contribution in [1.82, 2.24) is 10.2 Å². The number of likely N-dealkylation sites (tertiary alicyclic amines) is 1. The van der Waals surface area contributed by atoms with Gasteiger partial charge in [0.05, 0.1) is 0 Å². The Bertz CT molecular complexity index is 241. The van der Waals surface area contributed by atoms with Crippen molar-refractivity contribution in [3.05, 3.63) is 0 Å². The normalized spacial score (nSPS) is 27.3. The highest BCUT2D eigenvalue weighted by Gasteiger charge is 2.27. The molecule has 0 spiro atoms. The fourth-order valence-electron chi connectivity index (χ4n) is 2.55. The third kappa shape index (κ3) is 3.14. The Hall–Kier alpha value is -0.220. The van der Waals surface area contributed by atoms with Gasteiger partial charge in [-0.05, 0) is 43.7 Å². The molecule has 0 aliphatic carbocycles. The molecule has 2 fully saturated rings. The molecule has 1 amide bonds. The lowest BCUT2D eigenvalue weighted by Crippen LogP contribution is -2.34. The Morgan fingerprint density at radius 3 is 2.75 bits per heavy atom. The predicted octanol–water partition coefficient (Wildman–Crippen LogP) is 1.34. The molecule has 1 atom stereocenters. The maximum Gasteiger partial charge on any atom is 0.222 e. The number of hydrogen-bond acceptors (Lipinski definition) is 3. The van der Waals surface area contributed by atoms with E-state index in [4.69, 9.17) is 0 Å². The molecule has 0 bridgehead atoms. The number of nitrogens with one attached hydrogen (secondary N) is 1. The summed E-state index contributed by atoms with van der Waals surface area (Å²) in [5.74, 6) is 3.53. The number of carbonyl (C=O) groups excluding carboxylic acids is 1. The largest absolute Gasteiger partial charge is 0.341 e. The van der Waals surface area contributed by atoms with Crippen LogP contribution in [0.15, 0.2) is 0 Å². The van der Waals surface area contributed by atoms with Crippen molar-refractivity contribution in [1.29, 1.82) is 0 Å². The highest BCUT2D eigenvalue weighted by molar-refractivity contribution is 7.99. The molecule has 2 aliphatic rings. The van der Waals surface area contributed by atoms with Crippen LogP contribution in [0.1, 0.15) is 25.7 Å². The van der Waals surface area contributed by atoms with Crippen LogP contribution in [-0.2, 0) is 4.79 Å². The minimum absolute atomic E-state index is 0.384. The molecule has 2 heterocycles. The average Bonchev–Trinajstić information content (AvgIpc) is 2.79. The van der Waals surface area contributed by atoms with E-state index in [1.165, 1.54) is 24.3 Å². The van der Waals surface area contributed by atoms with Gasteiger partial charge in [-0.2, -0.15) is 11.8 Å². The smallest absolute Gasteiger partial charge is 0.222 e. The zero-order valence-corrected chi connectivity index (χ0v) is 10.9. The third-order valence-corrected chi connectivity index (χ3v) is 4.80. The first-order chi connectivity index (χ1) is 7.79. The fraction of sp³-hybridized carbons (Fsp3) is 0.917. The molecular weight excluding hydrogens is 220 g/mol. The van der Waals surface area contributed by atoms with Crippen molar-refractivity contribution >= 4 is 17.7 Å². The molecule has 1 N–H and O–H groups in total. The van der Waals surface area contributed by atoms with Gasteiger partial charge < -0.3 is 10.2 Å². The molecule has 0 saturated carbocycles. The fourth-order valence-corrected chi connectivity index (χ4v) is 3.75. The highest BCUT2D eigenvalue weighted by Crippen LogP contribution is 2.26. The van der Waals surface area contributed by atoms with Gasteiger partial charge in [-0.1, -0.05) is 0 Å². The number of carbonyl (C=O) groups is 1. The summed E-state index contributed by atoms with van der Waals surface area (Å²) in [4.78, 5) is 14.1. The minimum Gasteiger partial charge on any atom is -0.341 e. The number of amides is 1. The van der Waals surface area contributed by atoms with E-state index in [9.17, 15) is 4.79 Å². The topological polar surface area (TPSA) is 32.3 Å². The molecule has 2 saturated heterocycles. The van der Waals surface area contributed by atoms with Gasteiger partial charge in [0.2, 0.25) is 5.91 Å². The number of hydrogen-bond donors (Lipinski definition) is 1. The molecule has 0 aromatic carbocycles. The van der Waals surface area contributed by atoms with Crippen molar-refractivity contribution in [3.63, 3.8) is 0 Å². The van der Waals surface area contributed by atoms with E-state index in [0.717, 1.165) is 25.9 Å². The molecule has 3 nitrogen and oxygen atoms in total. The Kier molecular flexibility index (Phi) is 4.53. The summed E-state index contributed by atoms with van der Waals surface area (Å²) >= 11 is 2.03. The van der Waals surface area contributed by atoms with Crippen molar-refractivity contribution in [2.75, 3.05) is 31.6 Å². The van der Waals surface area contributed by atoms with Crippen molar-refractivity contribution < 1.29 is 4.79 Å². The second-order valence-corrected chi connectivity index (χ2v) is 6.10. The zero-order valence-electron chi connectivity index (χ0n) is 10.1. The van der Waals surface area contributed by atoms with E-state index in [2.05, 4.69) is 5.32 Å². The van der Waals surface area contributed by atoms with Crippen molar-refractivity contribution in [2.24, 2.45) is 5.92 Å². The Labute approximate surface area is 102 Å². The first-order valence-electron chi connectivity index (χ1n) is 6.32. The molecular formula is C12H22N2OS. The lowest BCUT2D eigenvalue weighted by molar-refractivity contribution is -0.131. The SMILES string of the molecule is CNC1CCN(C(=O)CC2CCSCC2)C1. The number of nitrogens with zero attached hydrogens (tertiary/aromatic N) is 1. The second-order valence-electron chi connectivity index (χ2n) is 4.87. The van der Waals surface area contributed by atoms with E-state index in [0.29, 0.717) is 17.9 Å². The second kappa shape index (κ2) is 5.92. The molecule has 0 aromatic heterocycles. The summed E-state index contributed by atoms with van der Waals surface area (Å²) in [5, 5.41) is 3.26. The van der Waals surface area contributed by atoms with Crippen LogP contribution in [0.25, 0.3) is 0 Å². The van der Waals surface area contributed by atoms with Crippen LogP contribution < -0.4 is 5.32 Å². The highest BCUT2D eigenvalue weighted by atomic mass is 32.2. The van der Waals surface area contributed by atoms with Gasteiger partial charge in [-0.25, -0.2) is 0 Å². The summed E-state index contributed by atoms with van der Waals surface area (Å²) in [7, 11) is 1.98. The lowest BCUT2D eigenvalue weighted by Gasteiger charge is -2.24. The van der Waals surface area contributed by atoms with Crippen molar-refractivity contribution in [2.45, 2.75) is 31.7 Å². The maximum absolute atomic E-state index is 12.1. The number of thioether (sulfide) groups is 1. The lowest BCUT2D eigenvalue weighted by atomic mass is 9.98. The van der Waals surface area contributed by atoms with Crippen LogP contribution in [0, 0.1) is 5.92 Å². The van der Waals surface area contributed by atoms with Crippen molar-refractivity contribution in [3.8, 4) is 0 Å². The Balaban J connectivity index is 1.75. The third-order valence-electron chi connectivity index (χ3n) is 3.75. The zero-order chi connectivity index (χ0) is 11.4. The molecule has 2 rings (SSSR count). The van der Waals surface area contributed by atoms with Crippen LogP contribution in [0.5, 0.6) is 0 Å². The first-order valence-corrected chi connectivity index (χ1v) is 7.48. The van der Waals surface area contributed by atoms with E-state index >= 15 is 0 Å². The number of rotatable bonds is 3. The summed E-state index contributed by atoms with van der Waals surface area (Å²) in [6, 6.07) is 0.519. The Morgan fingerprint density at radius 1 is 1.38 bits per heavy atom. The van der Waals surface area contributed by atoms with Crippen LogP contribution in [0.2, 0.25) is 0 Å². The van der Waals surface area contributed by atoms with Gasteiger partial charge >= 0.3 is 0 Å². The summed E-state index contributed by atoms with van der Waals surface area (Å²) in [6.07, 6.45) is 4.37. The molecule has 0 radical (unpaired) electrons. The molecule has 0 aromatic rings. The van der Waals surface area contributed by atoms with E-state index in [1.54, 1.807) is 0 Å². The molecule has 2 aliphatic heterocycles. The van der Waals surface area contributed by atoms with E-state index in [-0.39, 0.29) is 0 Å². The van der Waals surface area contributed by atoms with Gasteiger partial charge in [0, 0.05) is 25.6 Å². The molecule has 16 heavy (non-hydrogen) atoms. The maximum atomic E-state index is 12.1. The Morgan fingerprint density at radius 2 is 2.12 bits per heavy atom.